The Labute approximate surface area is 129 Å². The van der Waals surface area contributed by atoms with Gasteiger partial charge in [0.25, 0.3) is 0 Å². The molecule has 2 aliphatic rings. The summed E-state index contributed by atoms with van der Waals surface area (Å²) >= 11 is 0. The average molecular weight is 287 g/mol. The Kier molecular flexibility index (Phi) is 5.15. The van der Waals surface area contributed by atoms with Crippen LogP contribution in [0.2, 0.25) is 0 Å². The van der Waals surface area contributed by atoms with E-state index in [1.807, 2.05) is 0 Å². The van der Waals surface area contributed by atoms with E-state index in [0.29, 0.717) is 0 Å². The maximum atomic E-state index is 5.75. The van der Waals surface area contributed by atoms with E-state index < -0.39 is 0 Å². The first kappa shape index (κ1) is 14.9. The standard InChI is InChI=1S/C18H29N3/c19-10-7-17-5-1-2-6-18(17)21-13-8-16(9-14-21)15-20-11-3-4-12-20/h1-2,5-6,16H,3-4,7-15,19H2. The molecule has 0 radical (unpaired) electrons. The summed E-state index contributed by atoms with van der Waals surface area (Å²) < 4.78 is 0. The van der Waals surface area contributed by atoms with Crippen molar-refractivity contribution in [1.82, 2.24) is 4.90 Å². The molecule has 2 saturated heterocycles. The molecule has 0 saturated carbocycles. The topological polar surface area (TPSA) is 32.5 Å². The van der Waals surface area contributed by atoms with Crippen molar-refractivity contribution >= 4 is 5.69 Å². The lowest BCUT2D eigenvalue weighted by Gasteiger charge is -2.36. The number of hydrogen-bond donors (Lipinski definition) is 1. The highest BCUT2D eigenvalue weighted by Gasteiger charge is 2.23. The van der Waals surface area contributed by atoms with E-state index in [0.717, 1.165) is 18.9 Å². The predicted octanol–water partition coefficient (Wildman–Crippen LogP) is 2.50. The predicted molar refractivity (Wildman–Crippen MR) is 89.8 cm³/mol. The number of hydrogen-bond acceptors (Lipinski definition) is 3. The van der Waals surface area contributed by atoms with Crippen molar-refractivity contribution < 1.29 is 0 Å². The molecule has 1 aromatic carbocycles. The maximum absolute atomic E-state index is 5.75. The van der Waals surface area contributed by atoms with Crippen molar-refractivity contribution in [3.05, 3.63) is 29.8 Å². The van der Waals surface area contributed by atoms with Gasteiger partial charge in [-0.25, -0.2) is 0 Å². The van der Waals surface area contributed by atoms with Gasteiger partial charge in [0.15, 0.2) is 0 Å². The van der Waals surface area contributed by atoms with Gasteiger partial charge in [-0.3, -0.25) is 0 Å². The zero-order valence-corrected chi connectivity index (χ0v) is 13.1. The molecule has 2 heterocycles. The maximum Gasteiger partial charge on any atom is 0.0399 e. The molecular formula is C18H29N3. The van der Waals surface area contributed by atoms with Crippen LogP contribution in [0.3, 0.4) is 0 Å². The molecule has 0 aliphatic carbocycles. The highest BCUT2D eigenvalue weighted by atomic mass is 15.2. The number of anilines is 1. The molecule has 2 N–H and O–H groups in total. The molecule has 0 spiro atoms. The molecule has 3 rings (SSSR count). The summed E-state index contributed by atoms with van der Waals surface area (Å²) in [6.07, 6.45) is 6.49. The van der Waals surface area contributed by atoms with Crippen LogP contribution in [0.5, 0.6) is 0 Å². The number of rotatable bonds is 5. The third kappa shape index (κ3) is 3.78. The average Bonchev–Trinajstić information content (AvgIpc) is 3.02. The minimum Gasteiger partial charge on any atom is -0.371 e. The molecule has 0 aromatic heterocycles. The van der Waals surface area contributed by atoms with E-state index in [4.69, 9.17) is 5.73 Å². The molecule has 3 nitrogen and oxygen atoms in total. The van der Waals surface area contributed by atoms with Crippen molar-refractivity contribution in [3.8, 4) is 0 Å². The summed E-state index contributed by atoms with van der Waals surface area (Å²) in [4.78, 5) is 5.24. The molecule has 2 aliphatic heterocycles. The van der Waals surface area contributed by atoms with Gasteiger partial charge in [0.05, 0.1) is 0 Å². The minimum atomic E-state index is 0.739. The van der Waals surface area contributed by atoms with Gasteiger partial charge < -0.3 is 15.5 Å². The van der Waals surface area contributed by atoms with Crippen LogP contribution in [0.25, 0.3) is 0 Å². The van der Waals surface area contributed by atoms with Crippen LogP contribution in [-0.4, -0.2) is 44.2 Å². The quantitative estimate of drug-likeness (QED) is 0.903. The lowest BCUT2D eigenvalue weighted by Crippen LogP contribution is -2.38. The van der Waals surface area contributed by atoms with E-state index >= 15 is 0 Å². The summed E-state index contributed by atoms with van der Waals surface area (Å²) in [5.74, 6) is 0.904. The lowest BCUT2D eigenvalue weighted by molar-refractivity contribution is 0.249. The monoisotopic (exact) mass is 287 g/mol. The Morgan fingerprint density at radius 2 is 1.71 bits per heavy atom. The van der Waals surface area contributed by atoms with Crippen molar-refractivity contribution in [3.63, 3.8) is 0 Å². The number of nitrogens with two attached hydrogens (primary N) is 1. The van der Waals surface area contributed by atoms with Crippen LogP contribution in [0, 0.1) is 5.92 Å². The summed E-state index contributed by atoms with van der Waals surface area (Å²) in [5.41, 5.74) is 8.58. The van der Waals surface area contributed by atoms with Gasteiger partial charge in [-0.2, -0.15) is 0 Å². The first-order valence-electron chi connectivity index (χ1n) is 8.62. The number of piperidine rings is 1. The largest absolute Gasteiger partial charge is 0.371 e. The molecule has 1 aromatic rings. The van der Waals surface area contributed by atoms with Crippen molar-refractivity contribution in [2.75, 3.05) is 44.2 Å². The van der Waals surface area contributed by atoms with E-state index in [1.165, 1.54) is 69.7 Å². The summed E-state index contributed by atoms with van der Waals surface area (Å²) in [6, 6.07) is 8.80. The van der Waals surface area contributed by atoms with Crippen molar-refractivity contribution in [2.24, 2.45) is 11.7 Å². The van der Waals surface area contributed by atoms with E-state index in [-0.39, 0.29) is 0 Å². The molecule has 0 unspecified atom stereocenters. The number of nitrogens with zero attached hydrogens (tertiary/aromatic N) is 2. The van der Waals surface area contributed by atoms with Gasteiger partial charge in [0.2, 0.25) is 0 Å². The van der Waals surface area contributed by atoms with Crippen LogP contribution in [0.1, 0.15) is 31.2 Å². The Balaban J connectivity index is 1.55. The molecule has 21 heavy (non-hydrogen) atoms. The molecule has 2 fully saturated rings. The summed E-state index contributed by atoms with van der Waals surface area (Å²) in [6.45, 7) is 7.15. The highest BCUT2D eigenvalue weighted by Crippen LogP contribution is 2.27. The Morgan fingerprint density at radius 3 is 2.43 bits per heavy atom. The Morgan fingerprint density at radius 1 is 1.00 bits per heavy atom. The molecule has 0 atom stereocenters. The van der Waals surface area contributed by atoms with Crippen molar-refractivity contribution in [1.29, 1.82) is 0 Å². The summed E-state index contributed by atoms with van der Waals surface area (Å²) in [5, 5.41) is 0. The third-order valence-corrected chi connectivity index (χ3v) is 5.08. The first-order valence-corrected chi connectivity index (χ1v) is 8.62. The molecule has 3 heteroatoms. The Bertz CT molecular complexity index is 432. The van der Waals surface area contributed by atoms with Crippen LogP contribution < -0.4 is 10.6 Å². The summed E-state index contributed by atoms with van der Waals surface area (Å²) in [7, 11) is 0. The molecular weight excluding hydrogens is 258 g/mol. The van der Waals surface area contributed by atoms with Crippen molar-refractivity contribution in [2.45, 2.75) is 32.1 Å². The fourth-order valence-electron chi connectivity index (χ4n) is 3.87. The van der Waals surface area contributed by atoms with Gasteiger partial charge in [-0.05, 0) is 69.3 Å². The van der Waals surface area contributed by atoms with E-state index in [1.54, 1.807) is 0 Å². The zero-order valence-electron chi connectivity index (χ0n) is 13.1. The van der Waals surface area contributed by atoms with Crippen LogP contribution in [0.4, 0.5) is 5.69 Å². The SMILES string of the molecule is NCCc1ccccc1N1CCC(CN2CCCC2)CC1. The second-order valence-electron chi connectivity index (χ2n) is 6.61. The zero-order chi connectivity index (χ0) is 14.5. The van der Waals surface area contributed by atoms with Gasteiger partial charge in [-0.1, -0.05) is 18.2 Å². The number of benzene rings is 1. The van der Waals surface area contributed by atoms with Gasteiger partial charge in [-0.15, -0.1) is 0 Å². The lowest BCUT2D eigenvalue weighted by atomic mass is 9.95. The smallest absolute Gasteiger partial charge is 0.0399 e. The molecule has 0 bridgehead atoms. The van der Waals surface area contributed by atoms with Crippen LogP contribution in [0.15, 0.2) is 24.3 Å². The first-order chi connectivity index (χ1) is 10.4. The highest BCUT2D eigenvalue weighted by molar-refractivity contribution is 5.54. The fourth-order valence-corrected chi connectivity index (χ4v) is 3.87. The number of para-hydroxylation sites is 1. The second-order valence-corrected chi connectivity index (χ2v) is 6.61. The van der Waals surface area contributed by atoms with Crippen LogP contribution >= 0.6 is 0 Å². The normalized spacial score (nSPS) is 21.1. The second kappa shape index (κ2) is 7.28. The fraction of sp³-hybridized carbons (Fsp3) is 0.667. The third-order valence-electron chi connectivity index (χ3n) is 5.08. The Hall–Kier alpha value is -1.06. The van der Waals surface area contributed by atoms with E-state index in [2.05, 4.69) is 34.1 Å². The van der Waals surface area contributed by atoms with Crippen LogP contribution in [-0.2, 0) is 6.42 Å². The molecule has 116 valence electrons. The van der Waals surface area contributed by atoms with Gasteiger partial charge >= 0.3 is 0 Å². The number of likely N-dealkylation sites (tertiary alicyclic amines) is 1. The van der Waals surface area contributed by atoms with Gasteiger partial charge in [0, 0.05) is 25.3 Å². The molecule has 0 amide bonds. The minimum absolute atomic E-state index is 0.739. The van der Waals surface area contributed by atoms with E-state index in [9.17, 15) is 0 Å². The van der Waals surface area contributed by atoms with Gasteiger partial charge in [0.1, 0.15) is 0 Å².